The van der Waals surface area contributed by atoms with E-state index >= 15 is 0 Å². The quantitative estimate of drug-likeness (QED) is 0.798. The molecule has 0 aliphatic rings. The minimum atomic E-state index is -0.546. The Labute approximate surface area is 109 Å². The predicted molar refractivity (Wildman–Crippen MR) is 66.0 cm³/mol. The molecule has 0 fully saturated rings. The minimum Gasteiger partial charge on any atom is -0.496 e. The second-order valence-electron chi connectivity index (χ2n) is 3.32. The Bertz CT molecular complexity index is 554. The van der Waals surface area contributed by atoms with Crippen molar-refractivity contribution in [3.63, 3.8) is 0 Å². The molecule has 18 heavy (non-hydrogen) atoms. The molecule has 0 spiro atoms. The molecule has 0 saturated carbocycles. The second-order valence-corrected chi connectivity index (χ2v) is 3.73. The Balaban J connectivity index is 2.19. The van der Waals surface area contributed by atoms with Crippen LogP contribution >= 0.6 is 11.6 Å². The predicted octanol–water partition coefficient (Wildman–Crippen LogP) is 2.76. The van der Waals surface area contributed by atoms with Gasteiger partial charge in [0.05, 0.1) is 18.3 Å². The topological polar surface area (TPSA) is 48.4 Å². The average Bonchev–Trinajstić information content (AvgIpc) is 2.41. The zero-order chi connectivity index (χ0) is 13.0. The molecule has 0 atom stereocenters. The average molecular weight is 263 g/mol. The number of carbonyl (C=O) groups is 1. The summed E-state index contributed by atoms with van der Waals surface area (Å²) in [7, 11) is 1.49. The summed E-state index contributed by atoms with van der Waals surface area (Å²) >= 11 is 5.63. The summed E-state index contributed by atoms with van der Waals surface area (Å²) < 4.78 is 10.2. The number of nitrogens with zero attached hydrogens (tertiary/aromatic N) is 1. The summed E-state index contributed by atoms with van der Waals surface area (Å²) in [5.74, 6) is 0.0337. The van der Waals surface area contributed by atoms with Gasteiger partial charge in [-0.05, 0) is 12.1 Å². The molecular formula is C13H9ClNO3. The van der Waals surface area contributed by atoms with Crippen molar-refractivity contribution in [1.82, 2.24) is 4.98 Å². The first-order chi connectivity index (χ1) is 8.70. The summed E-state index contributed by atoms with van der Waals surface area (Å²) in [6.45, 7) is 0. The number of methoxy groups -OCH3 is 1. The zero-order valence-corrected chi connectivity index (χ0v) is 10.3. The van der Waals surface area contributed by atoms with Gasteiger partial charge < -0.3 is 9.47 Å². The van der Waals surface area contributed by atoms with Gasteiger partial charge in [0.1, 0.15) is 11.3 Å². The molecule has 91 valence electrons. The molecule has 2 aromatic rings. The number of carbonyl (C=O) groups excluding carboxylic acids is 1. The van der Waals surface area contributed by atoms with Crippen molar-refractivity contribution >= 4 is 17.6 Å². The van der Waals surface area contributed by atoms with E-state index in [0.29, 0.717) is 16.3 Å². The van der Waals surface area contributed by atoms with Crippen molar-refractivity contribution in [3.8, 4) is 11.6 Å². The highest BCUT2D eigenvalue weighted by molar-refractivity contribution is 6.30. The van der Waals surface area contributed by atoms with E-state index in [1.54, 1.807) is 24.3 Å². The molecular weight excluding hydrogens is 254 g/mol. The van der Waals surface area contributed by atoms with Crippen molar-refractivity contribution in [2.75, 3.05) is 7.11 Å². The molecule has 1 aromatic carbocycles. The van der Waals surface area contributed by atoms with Crippen molar-refractivity contribution in [2.24, 2.45) is 0 Å². The maximum absolute atomic E-state index is 11.9. The van der Waals surface area contributed by atoms with Crippen molar-refractivity contribution in [2.45, 2.75) is 0 Å². The van der Waals surface area contributed by atoms with E-state index in [2.05, 4.69) is 11.1 Å². The third kappa shape index (κ3) is 2.78. The molecule has 0 aliphatic heterocycles. The van der Waals surface area contributed by atoms with E-state index in [1.165, 1.54) is 19.4 Å². The van der Waals surface area contributed by atoms with Crippen LogP contribution in [-0.4, -0.2) is 18.1 Å². The molecule has 4 nitrogen and oxygen atoms in total. The molecule has 0 saturated heterocycles. The molecule has 0 aliphatic carbocycles. The summed E-state index contributed by atoms with van der Waals surface area (Å²) in [5, 5.41) is 0.354. The lowest BCUT2D eigenvalue weighted by molar-refractivity contribution is 0.0724. The molecule has 2 rings (SSSR count). The Morgan fingerprint density at radius 2 is 2.17 bits per heavy atom. The van der Waals surface area contributed by atoms with Crippen LogP contribution in [0.5, 0.6) is 11.6 Å². The fourth-order valence-corrected chi connectivity index (χ4v) is 1.45. The largest absolute Gasteiger partial charge is 0.496 e. The summed E-state index contributed by atoms with van der Waals surface area (Å²) in [6.07, 6.45) is 1.35. The maximum Gasteiger partial charge on any atom is 0.348 e. The van der Waals surface area contributed by atoms with Crippen LogP contribution in [0.15, 0.2) is 36.5 Å². The first-order valence-electron chi connectivity index (χ1n) is 5.09. The third-order valence-corrected chi connectivity index (χ3v) is 2.37. The number of rotatable bonds is 3. The van der Waals surface area contributed by atoms with Crippen LogP contribution in [0.1, 0.15) is 10.4 Å². The number of benzene rings is 1. The summed E-state index contributed by atoms with van der Waals surface area (Å²) in [4.78, 5) is 15.7. The second kappa shape index (κ2) is 5.51. The van der Waals surface area contributed by atoms with E-state index in [-0.39, 0.29) is 5.88 Å². The highest BCUT2D eigenvalue weighted by Crippen LogP contribution is 2.19. The molecule has 0 amide bonds. The maximum atomic E-state index is 11.9. The lowest BCUT2D eigenvalue weighted by atomic mass is 10.2. The fourth-order valence-electron chi connectivity index (χ4n) is 1.34. The van der Waals surface area contributed by atoms with Gasteiger partial charge >= 0.3 is 5.97 Å². The number of hydrogen-bond acceptors (Lipinski definition) is 4. The third-order valence-electron chi connectivity index (χ3n) is 2.16. The lowest BCUT2D eigenvalue weighted by Crippen LogP contribution is -2.10. The van der Waals surface area contributed by atoms with Crippen LogP contribution in [-0.2, 0) is 0 Å². The van der Waals surface area contributed by atoms with E-state index in [9.17, 15) is 4.79 Å². The van der Waals surface area contributed by atoms with Gasteiger partial charge in [-0.3, -0.25) is 0 Å². The smallest absolute Gasteiger partial charge is 0.348 e. The van der Waals surface area contributed by atoms with Gasteiger partial charge in [-0.25, -0.2) is 9.78 Å². The summed E-state index contributed by atoms with van der Waals surface area (Å²) in [5.41, 5.74) is 0.330. The first-order valence-corrected chi connectivity index (χ1v) is 5.47. The van der Waals surface area contributed by atoms with E-state index < -0.39 is 5.97 Å². The Morgan fingerprint density at radius 3 is 2.83 bits per heavy atom. The SMILES string of the molecule is COc1ccccc1C(=O)Oc1c[c]c(Cl)cn1. The van der Waals surface area contributed by atoms with Gasteiger partial charge in [0.2, 0.25) is 5.88 Å². The van der Waals surface area contributed by atoms with Crippen LogP contribution in [0.4, 0.5) is 0 Å². The number of pyridine rings is 1. The zero-order valence-electron chi connectivity index (χ0n) is 9.51. The molecule has 0 unspecified atom stereocenters. The van der Waals surface area contributed by atoms with Gasteiger partial charge in [0.15, 0.2) is 0 Å². The van der Waals surface area contributed by atoms with Crippen LogP contribution in [0.2, 0.25) is 5.02 Å². The number of ether oxygens (including phenoxy) is 2. The molecule has 0 bridgehead atoms. The van der Waals surface area contributed by atoms with Gasteiger partial charge in [-0.2, -0.15) is 0 Å². The Hall–Kier alpha value is -2.07. The first kappa shape index (κ1) is 12.4. The molecule has 0 N–H and O–H groups in total. The number of halogens is 1. The highest BCUT2D eigenvalue weighted by Gasteiger charge is 2.14. The van der Waals surface area contributed by atoms with Gasteiger partial charge in [0, 0.05) is 12.1 Å². The Morgan fingerprint density at radius 1 is 1.39 bits per heavy atom. The van der Waals surface area contributed by atoms with E-state index in [0.717, 1.165) is 0 Å². The van der Waals surface area contributed by atoms with Crippen molar-refractivity contribution < 1.29 is 14.3 Å². The summed E-state index contributed by atoms with van der Waals surface area (Å²) in [6, 6.07) is 10.9. The minimum absolute atomic E-state index is 0.135. The van der Waals surface area contributed by atoms with Crippen molar-refractivity contribution in [3.05, 3.63) is 53.2 Å². The normalized spacial score (nSPS) is 9.89. The van der Waals surface area contributed by atoms with Crippen LogP contribution in [0.25, 0.3) is 0 Å². The monoisotopic (exact) mass is 262 g/mol. The molecule has 5 heteroatoms. The van der Waals surface area contributed by atoms with Gasteiger partial charge in [0.25, 0.3) is 0 Å². The molecule has 1 heterocycles. The van der Waals surface area contributed by atoms with Crippen LogP contribution in [0, 0.1) is 6.07 Å². The molecule has 1 radical (unpaired) electrons. The highest BCUT2D eigenvalue weighted by atomic mass is 35.5. The number of hydrogen-bond donors (Lipinski definition) is 0. The fraction of sp³-hybridized carbons (Fsp3) is 0.0769. The number of aromatic nitrogens is 1. The Kier molecular flexibility index (Phi) is 3.79. The number of esters is 1. The van der Waals surface area contributed by atoms with Crippen molar-refractivity contribution in [1.29, 1.82) is 0 Å². The van der Waals surface area contributed by atoms with Crippen LogP contribution < -0.4 is 9.47 Å². The van der Waals surface area contributed by atoms with Gasteiger partial charge in [-0.15, -0.1) is 0 Å². The standard InChI is InChI=1S/C13H9ClNO3/c1-17-11-5-3-2-4-10(11)13(16)18-12-7-6-9(14)8-15-12/h2-5,7-8H,1H3. The number of para-hydroxylation sites is 1. The lowest BCUT2D eigenvalue weighted by Gasteiger charge is -2.07. The van der Waals surface area contributed by atoms with Gasteiger partial charge in [-0.1, -0.05) is 23.7 Å². The van der Waals surface area contributed by atoms with E-state index in [1.807, 2.05) is 0 Å². The van der Waals surface area contributed by atoms with E-state index in [4.69, 9.17) is 21.1 Å². The molecule has 1 aromatic heterocycles. The van der Waals surface area contributed by atoms with Crippen LogP contribution in [0.3, 0.4) is 0 Å².